The summed E-state index contributed by atoms with van der Waals surface area (Å²) in [5.74, 6) is 2.35. The van der Waals surface area contributed by atoms with E-state index in [1.54, 1.807) is 75.4 Å². The van der Waals surface area contributed by atoms with Crippen molar-refractivity contribution in [2.75, 3.05) is 21.3 Å². The Balaban J connectivity index is 1.28. The van der Waals surface area contributed by atoms with Crippen LogP contribution in [0.1, 0.15) is 45.7 Å². The molecule has 10 nitrogen and oxygen atoms in total. The fourth-order valence-corrected chi connectivity index (χ4v) is 4.93. The van der Waals surface area contributed by atoms with Crippen LogP contribution < -0.4 is 21.3 Å². The van der Waals surface area contributed by atoms with Gasteiger partial charge in [-0.05, 0) is 81.4 Å². The zero-order valence-corrected chi connectivity index (χ0v) is 24.9. The van der Waals surface area contributed by atoms with Crippen LogP contribution in [0.3, 0.4) is 0 Å². The predicted molar refractivity (Wildman–Crippen MR) is 174 cm³/mol. The fourth-order valence-electron chi connectivity index (χ4n) is 4.13. The third-order valence-electron chi connectivity index (χ3n) is 6.05. The summed E-state index contributed by atoms with van der Waals surface area (Å²) in [6.07, 6.45) is 6.34. The van der Waals surface area contributed by atoms with Crippen LogP contribution in [0.15, 0.2) is 85.2 Å². The highest BCUT2D eigenvalue weighted by atomic mass is 32.1. The average molecular weight is 605 g/mol. The lowest BCUT2D eigenvalue weighted by Gasteiger charge is -2.20. The molecular weight excluding hydrogens is 576 g/mol. The van der Waals surface area contributed by atoms with E-state index in [9.17, 15) is 14.4 Å². The number of rotatable bonds is 7. The molecule has 0 aliphatic rings. The van der Waals surface area contributed by atoms with Crippen LogP contribution in [0.25, 0.3) is 10.9 Å². The Morgan fingerprint density at radius 3 is 2.20 bits per heavy atom. The van der Waals surface area contributed by atoms with Crippen molar-refractivity contribution in [3.8, 4) is 12.3 Å². The van der Waals surface area contributed by atoms with Gasteiger partial charge in [0.05, 0.1) is 26.6 Å². The number of amides is 3. The summed E-state index contributed by atoms with van der Waals surface area (Å²) in [4.78, 5) is 47.8. The Kier molecular flexibility index (Phi) is 8.55. The van der Waals surface area contributed by atoms with E-state index in [1.165, 1.54) is 6.33 Å². The molecule has 5 rings (SSSR count). The van der Waals surface area contributed by atoms with Gasteiger partial charge in [0.2, 0.25) is 0 Å². The van der Waals surface area contributed by atoms with Crippen LogP contribution >= 0.6 is 11.3 Å². The zero-order chi connectivity index (χ0) is 31.3. The van der Waals surface area contributed by atoms with E-state index in [0.29, 0.717) is 43.5 Å². The molecule has 0 saturated carbocycles. The van der Waals surface area contributed by atoms with Crippen LogP contribution in [-0.4, -0.2) is 33.5 Å². The van der Waals surface area contributed by atoms with Crippen LogP contribution in [0, 0.1) is 12.3 Å². The number of nitrogens with zero attached hydrogens (tertiary/aromatic N) is 2. The summed E-state index contributed by atoms with van der Waals surface area (Å²) in [5.41, 5.74) is 2.79. The van der Waals surface area contributed by atoms with Gasteiger partial charge >= 0.3 is 6.09 Å². The van der Waals surface area contributed by atoms with Crippen LogP contribution in [0.2, 0.25) is 0 Å². The largest absolute Gasteiger partial charge is 0.444 e. The molecule has 0 aliphatic carbocycles. The lowest BCUT2D eigenvalue weighted by atomic mass is 10.2. The van der Waals surface area contributed by atoms with Crippen LogP contribution in [-0.2, 0) is 4.74 Å². The molecule has 0 saturated heterocycles. The molecule has 0 radical (unpaired) electrons. The van der Waals surface area contributed by atoms with Gasteiger partial charge in [0.1, 0.15) is 17.7 Å². The standard InChI is InChI=1S/C33H28N6O4S/c1-5-20-9-8-10-21(17-20)36-29-23-18-22(13-14-24(23)34-19-35-29)37-30(40)27-15-16-28(44-27)31(41)38-25-11-6-7-12-26(25)39-32(42)43-33(2,3)4/h1,6-19H,2-4H3,(H,37,40)(H,38,41)(H,39,42)(H,34,35,36). The van der Waals surface area contributed by atoms with E-state index in [1.807, 2.05) is 24.3 Å². The van der Waals surface area contributed by atoms with Crippen molar-refractivity contribution in [3.05, 3.63) is 101 Å². The van der Waals surface area contributed by atoms with Gasteiger partial charge in [-0.15, -0.1) is 17.8 Å². The first-order valence-electron chi connectivity index (χ1n) is 13.5. The first kappa shape index (κ1) is 29.8. The number of hydrogen-bond acceptors (Lipinski definition) is 8. The minimum atomic E-state index is -0.675. The molecule has 0 spiro atoms. The zero-order valence-electron chi connectivity index (χ0n) is 24.1. The van der Waals surface area contributed by atoms with Gasteiger partial charge in [-0.3, -0.25) is 14.9 Å². The second kappa shape index (κ2) is 12.6. The molecule has 0 fully saturated rings. The molecule has 11 heteroatoms. The molecule has 44 heavy (non-hydrogen) atoms. The van der Waals surface area contributed by atoms with Gasteiger partial charge in [0, 0.05) is 22.3 Å². The van der Waals surface area contributed by atoms with Gasteiger partial charge < -0.3 is 20.7 Å². The third kappa shape index (κ3) is 7.36. The molecule has 2 aromatic heterocycles. The van der Waals surface area contributed by atoms with Crippen molar-refractivity contribution in [3.63, 3.8) is 0 Å². The molecule has 3 aromatic carbocycles. The smallest absolute Gasteiger partial charge is 0.412 e. The SMILES string of the molecule is C#Cc1cccc(Nc2ncnc3ccc(NC(=O)c4ccc(C(=O)Nc5ccccc5NC(=O)OC(C)(C)C)s4)cc23)c1. The number of carbonyl (C=O) groups is 3. The molecule has 220 valence electrons. The second-order valence-corrected chi connectivity index (χ2v) is 11.6. The maximum Gasteiger partial charge on any atom is 0.412 e. The van der Waals surface area contributed by atoms with Gasteiger partial charge in [-0.25, -0.2) is 14.8 Å². The first-order chi connectivity index (χ1) is 21.1. The first-order valence-corrected chi connectivity index (χ1v) is 14.3. The lowest BCUT2D eigenvalue weighted by molar-refractivity contribution is 0.0635. The number of hydrogen-bond donors (Lipinski definition) is 4. The predicted octanol–water partition coefficient (Wildman–Crippen LogP) is 7.27. The highest BCUT2D eigenvalue weighted by Crippen LogP contribution is 2.28. The summed E-state index contributed by atoms with van der Waals surface area (Å²) in [6.45, 7) is 5.28. The van der Waals surface area contributed by atoms with Gasteiger partial charge in [-0.1, -0.05) is 24.1 Å². The Morgan fingerprint density at radius 1 is 0.795 bits per heavy atom. The van der Waals surface area contributed by atoms with E-state index in [0.717, 1.165) is 22.6 Å². The maximum atomic E-state index is 13.1. The molecule has 0 aliphatic heterocycles. The Bertz CT molecular complexity index is 1920. The Labute approximate surface area is 257 Å². The van der Waals surface area contributed by atoms with Gasteiger partial charge in [-0.2, -0.15) is 0 Å². The molecule has 2 heterocycles. The molecule has 4 N–H and O–H groups in total. The van der Waals surface area contributed by atoms with Gasteiger partial charge in [0.15, 0.2) is 0 Å². The lowest BCUT2D eigenvalue weighted by Crippen LogP contribution is -2.27. The fraction of sp³-hybridized carbons (Fsp3) is 0.121. The van der Waals surface area contributed by atoms with E-state index in [4.69, 9.17) is 11.2 Å². The monoisotopic (exact) mass is 604 g/mol. The Hall–Kier alpha value is -5.73. The third-order valence-corrected chi connectivity index (χ3v) is 7.13. The number of anilines is 5. The van der Waals surface area contributed by atoms with E-state index in [-0.39, 0.29) is 5.91 Å². The number of nitrogens with one attached hydrogen (secondary N) is 4. The van der Waals surface area contributed by atoms with E-state index >= 15 is 0 Å². The minimum absolute atomic E-state index is 0.315. The molecular formula is C33H28N6O4S. The topological polar surface area (TPSA) is 134 Å². The highest BCUT2D eigenvalue weighted by molar-refractivity contribution is 7.16. The number of fused-ring (bicyclic) bond motifs is 1. The van der Waals surface area contributed by atoms with Gasteiger partial charge in [0.25, 0.3) is 11.8 Å². The highest BCUT2D eigenvalue weighted by Gasteiger charge is 2.19. The van der Waals surface area contributed by atoms with E-state index in [2.05, 4.69) is 37.2 Å². The van der Waals surface area contributed by atoms with Crippen LogP contribution in [0.5, 0.6) is 0 Å². The number of terminal acetylenes is 1. The molecule has 0 bridgehead atoms. The molecule has 3 amide bonds. The summed E-state index contributed by atoms with van der Waals surface area (Å²) >= 11 is 1.04. The van der Waals surface area contributed by atoms with Crippen molar-refractivity contribution in [2.45, 2.75) is 26.4 Å². The summed E-state index contributed by atoms with van der Waals surface area (Å²) < 4.78 is 5.31. The Morgan fingerprint density at radius 2 is 1.50 bits per heavy atom. The van der Waals surface area contributed by atoms with Crippen molar-refractivity contribution in [1.29, 1.82) is 0 Å². The molecule has 5 aromatic rings. The normalized spacial score (nSPS) is 10.9. The van der Waals surface area contributed by atoms with Crippen molar-refractivity contribution < 1.29 is 19.1 Å². The summed E-state index contributed by atoms with van der Waals surface area (Å²) in [6, 6.07) is 22.6. The summed E-state index contributed by atoms with van der Waals surface area (Å²) in [5, 5.41) is 12.3. The number of benzene rings is 3. The summed E-state index contributed by atoms with van der Waals surface area (Å²) in [7, 11) is 0. The van der Waals surface area contributed by atoms with E-state index < -0.39 is 17.6 Å². The van der Waals surface area contributed by atoms with Crippen LogP contribution in [0.4, 0.5) is 33.4 Å². The number of aromatic nitrogens is 2. The van der Waals surface area contributed by atoms with Crippen molar-refractivity contribution >= 4 is 68.7 Å². The number of ether oxygens (including phenoxy) is 1. The number of para-hydroxylation sites is 2. The number of thiophene rings is 1. The minimum Gasteiger partial charge on any atom is -0.444 e. The number of carbonyl (C=O) groups excluding carboxylic acids is 3. The maximum absolute atomic E-state index is 13.1. The molecule has 0 atom stereocenters. The quantitative estimate of drug-likeness (QED) is 0.144. The second-order valence-electron chi connectivity index (χ2n) is 10.5. The van der Waals surface area contributed by atoms with Crippen molar-refractivity contribution in [1.82, 2.24) is 9.97 Å². The average Bonchev–Trinajstić information content (AvgIpc) is 3.49. The van der Waals surface area contributed by atoms with Crippen molar-refractivity contribution in [2.24, 2.45) is 0 Å². The molecule has 0 unspecified atom stereocenters.